The zero-order valence-corrected chi connectivity index (χ0v) is 9.05. The van der Waals surface area contributed by atoms with E-state index in [1.54, 1.807) is 0 Å². The van der Waals surface area contributed by atoms with Gasteiger partial charge in [0.05, 0.1) is 0 Å². The molecular formula is C13H12BO2. The van der Waals surface area contributed by atoms with Crippen molar-refractivity contribution in [2.45, 2.75) is 6.92 Å². The Balaban J connectivity index is 2.46. The monoisotopic (exact) mass is 211 g/mol. The van der Waals surface area contributed by atoms with Crippen LogP contribution in [0.15, 0.2) is 48.5 Å². The van der Waals surface area contributed by atoms with Crippen LogP contribution in [0, 0.1) is 6.92 Å². The summed E-state index contributed by atoms with van der Waals surface area (Å²) in [6, 6.07) is 15.8. The maximum atomic E-state index is 8.70. The molecule has 0 heterocycles. The fourth-order valence-electron chi connectivity index (χ4n) is 1.68. The van der Waals surface area contributed by atoms with E-state index in [0.29, 0.717) is 13.4 Å². The predicted octanol–water partition coefficient (Wildman–Crippen LogP) is 2.57. The van der Waals surface area contributed by atoms with Gasteiger partial charge in [-0.1, -0.05) is 48.0 Å². The zero-order valence-electron chi connectivity index (χ0n) is 9.05. The first-order valence-electron chi connectivity index (χ1n) is 5.10. The fourth-order valence-corrected chi connectivity index (χ4v) is 1.68. The molecular weight excluding hydrogens is 199 g/mol. The van der Waals surface area contributed by atoms with Crippen LogP contribution in [-0.4, -0.2) is 12.7 Å². The Labute approximate surface area is 95.8 Å². The second-order valence-corrected chi connectivity index (χ2v) is 3.59. The summed E-state index contributed by atoms with van der Waals surface area (Å²) in [5.74, 6) is 0.649. The first-order chi connectivity index (χ1) is 7.81. The molecule has 0 spiro atoms. The van der Waals surface area contributed by atoms with Crippen LogP contribution in [0.25, 0.3) is 11.1 Å². The SMILES string of the molecule is Cc1cccc(-c2ccccc2O[B]O)c1. The standard InChI is InChI=1S/C13H12BO2/c1-10-5-4-6-11(9-10)12-7-2-3-8-13(12)16-14-15/h2-9,15H,1H3. The maximum absolute atomic E-state index is 8.70. The third-order valence-corrected chi connectivity index (χ3v) is 2.40. The number of para-hydroxylation sites is 1. The van der Waals surface area contributed by atoms with Crippen LogP contribution >= 0.6 is 0 Å². The quantitative estimate of drug-likeness (QED) is 0.790. The number of benzene rings is 2. The average molecular weight is 211 g/mol. The smallest absolute Gasteiger partial charge is 0.537 e. The molecule has 0 atom stereocenters. The Hall–Kier alpha value is -1.74. The summed E-state index contributed by atoms with van der Waals surface area (Å²) >= 11 is 0. The molecule has 0 bridgehead atoms. The zero-order chi connectivity index (χ0) is 11.4. The minimum absolute atomic E-state index is 0.649. The number of hydrogen-bond donors (Lipinski definition) is 1. The highest BCUT2D eigenvalue weighted by Crippen LogP contribution is 2.29. The van der Waals surface area contributed by atoms with Crippen molar-refractivity contribution < 1.29 is 9.68 Å². The van der Waals surface area contributed by atoms with Crippen LogP contribution in [0.1, 0.15) is 5.56 Å². The van der Waals surface area contributed by atoms with E-state index in [1.165, 1.54) is 5.56 Å². The van der Waals surface area contributed by atoms with Crippen molar-refractivity contribution in [2.75, 3.05) is 0 Å². The average Bonchev–Trinajstić information content (AvgIpc) is 2.30. The van der Waals surface area contributed by atoms with E-state index in [-0.39, 0.29) is 0 Å². The molecule has 1 radical (unpaired) electrons. The molecule has 0 amide bonds. The van der Waals surface area contributed by atoms with Crippen LogP contribution in [0.5, 0.6) is 5.75 Å². The van der Waals surface area contributed by atoms with Gasteiger partial charge in [0.15, 0.2) is 0 Å². The van der Waals surface area contributed by atoms with Crippen molar-refractivity contribution in [3.63, 3.8) is 0 Å². The summed E-state index contributed by atoms with van der Waals surface area (Å²) in [4.78, 5) is 0. The van der Waals surface area contributed by atoms with Gasteiger partial charge in [-0.25, -0.2) is 0 Å². The van der Waals surface area contributed by atoms with Crippen molar-refractivity contribution in [1.29, 1.82) is 0 Å². The van der Waals surface area contributed by atoms with Gasteiger partial charge >= 0.3 is 7.69 Å². The van der Waals surface area contributed by atoms with E-state index in [2.05, 4.69) is 6.07 Å². The van der Waals surface area contributed by atoms with Crippen LogP contribution in [-0.2, 0) is 0 Å². The second-order valence-electron chi connectivity index (χ2n) is 3.59. The van der Waals surface area contributed by atoms with Crippen molar-refractivity contribution in [3.05, 3.63) is 54.1 Å². The molecule has 0 unspecified atom stereocenters. The summed E-state index contributed by atoms with van der Waals surface area (Å²) in [7, 11) is 0.703. The van der Waals surface area contributed by atoms with Crippen LogP contribution in [0.3, 0.4) is 0 Å². The molecule has 0 aliphatic heterocycles. The van der Waals surface area contributed by atoms with Gasteiger partial charge in [-0.05, 0) is 18.6 Å². The highest BCUT2D eigenvalue weighted by Gasteiger charge is 2.05. The molecule has 2 rings (SSSR count). The van der Waals surface area contributed by atoms with Gasteiger partial charge in [-0.2, -0.15) is 0 Å². The molecule has 0 saturated heterocycles. The lowest BCUT2D eigenvalue weighted by atomic mass is 10.0. The topological polar surface area (TPSA) is 29.5 Å². The Bertz CT molecular complexity index is 483. The Morgan fingerprint density at radius 3 is 2.62 bits per heavy atom. The van der Waals surface area contributed by atoms with E-state index in [9.17, 15) is 0 Å². The maximum Gasteiger partial charge on any atom is 0.569 e. The normalized spacial score (nSPS) is 9.88. The van der Waals surface area contributed by atoms with Crippen LogP contribution < -0.4 is 4.65 Å². The number of aryl methyl sites for hydroxylation is 1. The van der Waals surface area contributed by atoms with Crippen molar-refractivity contribution in [1.82, 2.24) is 0 Å². The van der Waals surface area contributed by atoms with E-state index in [0.717, 1.165) is 11.1 Å². The molecule has 1 N–H and O–H groups in total. The number of hydrogen-bond acceptors (Lipinski definition) is 2. The van der Waals surface area contributed by atoms with Gasteiger partial charge in [0, 0.05) is 5.56 Å². The summed E-state index contributed by atoms with van der Waals surface area (Å²) in [5.41, 5.74) is 3.24. The molecule has 2 aromatic carbocycles. The molecule has 2 aromatic rings. The Morgan fingerprint density at radius 1 is 1.06 bits per heavy atom. The lowest BCUT2D eigenvalue weighted by Gasteiger charge is -2.09. The van der Waals surface area contributed by atoms with Crippen molar-refractivity contribution >= 4 is 7.69 Å². The Morgan fingerprint density at radius 2 is 1.88 bits per heavy atom. The van der Waals surface area contributed by atoms with Gasteiger partial charge in [0.1, 0.15) is 5.75 Å². The summed E-state index contributed by atoms with van der Waals surface area (Å²) in [6.45, 7) is 2.05. The van der Waals surface area contributed by atoms with Gasteiger partial charge in [0.25, 0.3) is 0 Å². The molecule has 0 saturated carbocycles. The highest BCUT2D eigenvalue weighted by atomic mass is 16.5. The lowest BCUT2D eigenvalue weighted by molar-refractivity contribution is 0.455. The summed E-state index contributed by atoms with van der Waals surface area (Å²) in [6.07, 6.45) is 0. The predicted molar refractivity (Wildman–Crippen MR) is 65.2 cm³/mol. The molecule has 79 valence electrons. The molecule has 0 aliphatic carbocycles. The number of rotatable bonds is 3. The second kappa shape index (κ2) is 4.86. The van der Waals surface area contributed by atoms with Gasteiger partial charge in [-0.15, -0.1) is 0 Å². The Kier molecular flexibility index (Phi) is 3.27. The first kappa shape index (κ1) is 10.8. The molecule has 3 heteroatoms. The molecule has 0 aromatic heterocycles. The van der Waals surface area contributed by atoms with E-state index >= 15 is 0 Å². The largest absolute Gasteiger partial charge is 0.569 e. The van der Waals surface area contributed by atoms with E-state index in [1.807, 2.05) is 49.4 Å². The summed E-state index contributed by atoms with van der Waals surface area (Å²) in [5, 5.41) is 8.70. The van der Waals surface area contributed by atoms with Crippen LogP contribution in [0.4, 0.5) is 0 Å². The third kappa shape index (κ3) is 2.26. The van der Waals surface area contributed by atoms with Crippen molar-refractivity contribution in [3.8, 4) is 16.9 Å². The minimum atomic E-state index is 0.649. The fraction of sp³-hybridized carbons (Fsp3) is 0.0769. The van der Waals surface area contributed by atoms with Gasteiger partial charge < -0.3 is 9.68 Å². The van der Waals surface area contributed by atoms with Crippen LogP contribution in [0.2, 0.25) is 0 Å². The van der Waals surface area contributed by atoms with Gasteiger partial charge in [0.2, 0.25) is 0 Å². The van der Waals surface area contributed by atoms with E-state index in [4.69, 9.17) is 9.68 Å². The first-order valence-corrected chi connectivity index (χ1v) is 5.10. The molecule has 16 heavy (non-hydrogen) atoms. The third-order valence-electron chi connectivity index (χ3n) is 2.40. The molecule has 0 aliphatic rings. The minimum Gasteiger partial charge on any atom is -0.537 e. The highest BCUT2D eigenvalue weighted by molar-refractivity contribution is 6.17. The molecule has 0 fully saturated rings. The van der Waals surface area contributed by atoms with Gasteiger partial charge in [-0.3, -0.25) is 0 Å². The summed E-state index contributed by atoms with van der Waals surface area (Å²) < 4.78 is 5.06. The van der Waals surface area contributed by atoms with E-state index < -0.39 is 0 Å². The molecule has 2 nitrogen and oxygen atoms in total. The lowest BCUT2D eigenvalue weighted by Crippen LogP contribution is -2.00. The van der Waals surface area contributed by atoms with Crippen molar-refractivity contribution in [2.24, 2.45) is 0 Å².